The van der Waals surface area contributed by atoms with Crippen LogP contribution in [0.15, 0.2) is 18.1 Å². The molecule has 7 nitrogen and oxygen atoms in total. The number of allylic oxidation sites excluding steroid dienone is 1. The summed E-state index contributed by atoms with van der Waals surface area (Å²) in [5.74, 6) is 1.56. The largest absolute Gasteiger partial charge is 0.403 e. The Morgan fingerprint density at radius 2 is 2.21 bits per heavy atom. The van der Waals surface area contributed by atoms with Gasteiger partial charge in [-0.3, -0.25) is 9.59 Å². The van der Waals surface area contributed by atoms with Gasteiger partial charge in [0, 0.05) is 24.5 Å². The number of aldehydes is 1. The summed E-state index contributed by atoms with van der Waals surface area (Å²) in [6.45, 7) is 7.52. The number of fused-ring (bicyclic) bond motifs is 1. The molecular formula is C22H33N5O2. The first-order chi connectivity index (χ1) is 14.0. The fourth-order valence-corrected chi connectivity index (χ4v) is 4.26. The maximum atomic E-state index is 13.8. The minimum Gasteiger partial charge on any atom is -0.403 e. The van der Waals surface area contributed by atoms with Crippen LogP contribution in [0.2, 0.25) is 0 Å². The number of amides is 1. The van der Waals surface area contributed by atoms with Crippen LogP contribution in [-0.2, 0) is 21.5 Å². The molecule has 1 fully saturated rings. The van der Waals surface area contributed by atoms with Crippen LogP contribution < -0.4 is 11.1 Å². The first-order valence-electron chi connectivity index (χ1n) is 10.8. The molecule has 2 unspecified atom stereocenters. The van der Waals surface area contributed by atoms with Gasteiger partial charge in [-0.05, 0) is 37.5 Å². The highest BCUT2D eigenvalue weighted by molar-refractivity contribution is 5.94. The predicted octanol–water partition coefficient (Wildman–Crippen LogP) is 3.11. The highest BCUT2D eigenvalue weighted by Crippen LogP contribution is 2.43. The van der Waals surface area contributed by atoms with Crippen molar-refractivity contribution in [3.05, 3.63) is 29.4 Å². The van der Waals surface area contributed by atoms with Crippen LogP contribution in [0.25, 0.3) is 0 Å². The summed E-state index contributed by atoms with van der Waals surface area (Å²) in [5, 5.41) is 3.34. The molecule has 3 rings (SSSR count). The Morgan fingerprint density at radius 1 is 1.45 bits per heavy atom. The Balaban J connectivity index is 2.08. The van der Waals surface area contributed by atoms with E-state index in [1.165, 1.54) is 23.9 Å². The lowest BCUT2D eigenvalue weighted by Crippen LogP contribution is -2.52. The summed E-state index contributed by atoms with van der Waals surface area (Å²) in [6, 6.07) is 0. The molecule has 158 valence electrons. The lowest BCUT2D eigenvalue weighted by molar-refractivity contribution is -0.139. The lowest BCUT2D eigenvalue weighted by Gasteiger charge is -2.43. The first kappa shape index (κ1) is 21.3. The van der Waals surface area contributed by atoms with Crippen LogP contribution in [0.3, 0.4) is 0 Å². The van der Waals surface area contributed by atoms with Gasteiger partial charge in [0.15, 0.2) is 6.29 Å². The Morgan fingerprint density at radius 3 is 2.79 bits per heavy atom. The zero-order valence-electron chi connectivity index (χ0n) is 17.8. The number of nitrogens with one attached hydrogen (secondary N) is 1. The molecule has 2 atom stereocenters. The number of hydrogen-bond acceptors (Lipinski definition) is 6. The molecule has 1 aromatic heterocycles. The number of carbonyl (C=O) groups excluding carboxylic acids is 2. The average molecular weight is 400 g/mol. The normalized spacial score (nSPS) is 22.9. The van der Waals surface area contributed by atoms with Gasteiger partial charge in [0.25, 0.3) is 0 Å². The molecule has 29 heavy (non-hydrogen) atoms. The van der Waals surface area contributed by atoms with E-state index >= 15 is 0 Å². The minimum atomic E-state index is -0.770. The average Bonchev–Trinajstić information content (AvgIpc) is 3.55. The van der Waals surface area contributed by atoms with Gasteiger partial charge in [-0.1, -0.05) is 33.6 Å². The van der Waals surface area contributed by atoms with Crippen molar-refractivity contribution in [2.75, 3.05) is 11.9 Å². The molecule has 1 aromatic rings. The highest BCUT2D eigenvalue weighted by atomic mass is 16.2. The summed E-state index contributed by atoms with van der Waals surface area (Å²) in [7, 11) is 0. The van der Waals surface area contributed by atoms with Gasteiger partial charge in [-0.2, -0.15) is 0 Å². The minimum absolute atomic E-state index is 0.0807. The molecule has 7 heteroatoms. The number of nitrogens with zero attached hydrogens (tertiary/aromatic N) is 3. The third-order valence-corrected chi connectivity index (χ3v) is 6.22. The van der Waals surface area contributed by atoms with Crippen molar-refractivity contribution in [3.63, 3.8) is 0 Å². The molecule has 1 saturated carbocycles. The molecule has 1 aliphatic carbocycles. The molecular weight excluding hydrogens is 366 g/mol. The molecule has 1 amide bonds. The van der Waals surface area contributed by atoms with E-state index in [0.29, 0.717) is 36.9 Å². The zero-order chi connectivity index (χ0) is 21.0. The summed E-state index contributed by atoms with van der Waals surface area (Å²) < 4.78 is 0. The maximum Gasteiger partial charge on any atom is 0.239 e. The second-order valence-electron chi connectivity index (χ2n) is 8.54. The van der Waals surface area contributed by atoms with Crippen molar-refractivity contribution >= 4 is 18.1 Å². The monoisotopic (exact) mass is 399 g/mol. The topological polar surface area (TPSA) is 101 Å². The quantitative estimate of drug-likeness (QED) is 0.463. The number of anilines is 1. The second kappa shape index (κ2) is 8.93. The Hall–Kier alpha value is -2.44. The SMILES string of the molecule is CCCC1(CC(C)CC)C(=O)N(C(C=O)=CN)Cc2cnc(NCC3CC3)nc21. The highest BCUT2D eigenvalue weighted by Gasteiger charge is 2.49. The molecule has 0 bridgehead atoms. The van der Waals surface area contributed by atoms with Crippen LogP contribution in [0.5, 0.6) is 0 Å². The number of aromatic nitrogens is 2. The third kappa shape index (κ3) is 4.28. The van der Waals surface area contributed by atoms with Gasteiger partial charge in [0.2, 0.25) is 11.9 Å². The van der Waals surface area contributed by atoms with Crippen molar-refractivity contribution in [1.82, 2.24) is 14.9 Å². The molecule has 1 aliphatic heterocycles. The summed E-state index contributed by atoms with van der Waals surface area (Å²) in [6.07, 6.45) is 9.34. The van der Waals surface area contributed by atoms with Crippen LogP contribution in [0.1, 0.15) is 70.6 Å². The van der Waals surface area contributed by atoms with Crippen molar-refractivity contribution in [2.45, 2.75) is 71.3 Å². The summed E-state index contributed by atoms with van der Waals surface area (Å²) in [4.78, 5) is 36.2. The molecule has 2 aliphatic rings. The van der Waals surface area contributed by atoms with Crippen LogP contribution in [0.4, 0.5) is 5.95 Å². The van der Waals surface area contributed by atoms with Gasteiger partial charge in [-0.15, -0.1) is 0 Å². The van der Waals surface area contributed by atoms with E-state index in [2.05, 4.69) is 31.1 Å². The maximum absolute atomic E-state index is 13.8. The van der Waals surface area contributed by atoms with E-state index in [4.69, 9.17) is 10.7 Å². The standard InChI is InChI=1S/C22H33N5O2/c1-4-8-22(9-15(3)5-2)19-17(13-27(20(22)29)18(10-23)14-28)12-25-21(26-19)24-11-16-6-7-16/h10,12,14-16H,4-9,11,13,23H2,1-3H3,(H,24,25,26). The van der Waals surface area contributed by atoms with Gasteiger partial charge in [0.1, 0.15) is 0 Å². The Kier molecular flexibility index (Phi) is 6.55. The molecule has 0 saturated heterocycles. The number of hydrogen-bond donors (Lipinski definition) is 2. The van der Waals surface area contributed by atoms with Crippen molar-refractivity contribution in [2.24, 2.45) is 17.6 Å². The fourth-order valence-electron chi connectivity index (χ4n) is 4.26. The molecule has 0 aromatic carbocycles. The van der Waals surface area contributed by atoms with Crippen LogP contribution in [-0.4, -0.2) is 33.6 Å². The van der Waals surface area contributed by atoms with Crippen LogP contribution in [0, 0.1) is 11.8 Å². The first-order valence-corrected chi connectivity index (χ1v) is 10.8. The predicted molar refractivity (Wildman–Crippen MR) is 113 cm³/mol. The third-order valence-electron chi connectivity index (χ3n) is 6.22. The Bertz CT molecular complexity index is 789. The van der Waals surface area contributed by atoms with E-state index in [0.717, 1.165) is 30.6 Å². The molecule has 2 heterocycles. The van der Waals surface area contributed by atoms with Gasteiger partial charge >= 0.3 is 0 Å². The molecule has 3 N–H and O–H groups in total. The van der Waals surface area contributed by atoms with Gasteiger partial charge in [0.05, 0.1) is 23.4 Å². The smallest absolute Gasteiger partial charge is 0.239 e. The van der Waals surface area contributed by atoms with Crippen molar-refractivity contribution < 1.29 is 9.59 Å². The van der Waals surface area contributed by atoms with Crippen molar-refractivity contribution in [3.8, 4) is 0 Å². The number of nitrogens with two attached hydrogens (primary N) is 1. The zero-order valence-corrected chi connectivity index (χ0v) is 17.8. The van der Waals surface area contributed by atoms with E-state index < -0.39 is 5.41 Å². The van der Waals surface area contributed by atoms with Crippen LogP contribution >= 0.6 is 0 Å². The van der Waals surface area contributed by atoms with E-state index in [1.54, 1.807) is 6.20 Å². The summed E-state index contributed by atoms with van der Waals surface area (Å²) in [5.41, 5.74) is 6.79. The Labute approximate surface area is 173 Å². The number of carbonyl (C=O) groups is 2. The van der Waals surface area contributed by atoms with Crippen molar-refractivity contribution in [1.29, 1.82) is 0 Å². The van der Waals surface area contributed by atoms with E-state index in [1.807, 2.05) is 0 Å². The van der Waals surface area contributed by atoms with E-state index in [9.17, 15) is 9.59 Å². The summed E-state index contributed by atoms with van der Waals surface area (Å²) >= 11 is 0. The number of rotatable bonds is 10. The van der Waals surface area contributed by atoms with E-state index in [-0.39, 0.29) is 18.1 Å². The fraction of sp³-hybridized carbons (Fsp3) is 0.636. The lowest BCUT2D eigenvalue weighted by atomic mass is 9.69. The second-order valence-corrected chi connectivity index (χ2v) is 8.54. The molecule has 0 radical (unpaired) electrons. The molecule has 0 spiro atoms. The van der Waals surface area contributed by atoms with Gasteiger partial charge < -0.3 is 16.0 Å². The van der Waals surface area contributed by atoms with Gasteiger partial charge in [-0.25, -0.2) is 9.97 Å².